The smallest absolute Gasteiger partial charge is 0.287 e. The van der Waals surface area contributed by atoms with Gasteiger partial charge in [0, 0.05) is 17.5 Å². The number of rotatable bonds is 8. The molecular weight excluding hydrogens is 390 g/mol. The quantitative estimate of drug-likeness (QED) is 0.419. The molecule has 0 fully saturated rings. The highest BCUT2D eigenvalue weighted by molar-refractivity contribution is 5.99. The topological polar surface area (TPSA) is 60.7 Å². The van der Waals surface area contributed by atoms with E-state index < -0.39 is 0 Å². The summed E-state index contributed by atoms with van der Waals surface area (Å²) in [4.78, 5) is 12.8. The molecule has 0 saturated carbocycles. The average molecular weight is 415 g/mol. The zero-order valence-electron chi connectivity index (χ0n) is 17.7. The molecule has 1 aromatic heterocycles. The van der Waals surface area contributed by atoms with Gasteiger partial charge in [-0.1, -0.05) is 54.6 Å². The second-order valence-electron chi connectivity index (χ2n) is 7.35. The van der Waals surface area contributed by atoms with Crippen molar-refractivity contribution in [1.29, 1.82) is 0 Å². The number of carbonyl (C=O) groups is 1. The van der Waals surface area contributed by atoms with Crippen LogP contribution in [0.15, 0.2) is 77.2 Å². The van der Waals surface area contributed by atoms with Gasteiger partial charge in [-0.2, -0.15) is 0 Å². The van der Waals surface area contributed by atoms with E-state index in [0.29, 0.717) is 31.1 Å². The summed E-state index contributed by atoms with van der Waals surface area (Å²) in [5, 5.41) is 3.85. The fourth-order valence-corrected chi connectivity index (χ4v) is 3.52. The fourth-order valence-electron chi connectivity index (χ4n) is 3.52. The van der Waals surface area contributed by atoms with E-state index in [2.05, 4.69) is 5.32 Å². The SMILES string of the molecule is COc1ccc2oc(C(=O)NCc3ccccc3COCc3ccccc3)c(C)c2c1. The van der Waals surface area contributed by atoms with Gasteiger partial charge in [0.05, 0.1) is 20.3 Å². The normalized spacial score (nSPS) is 10.9. The summed E-state index contributed by atoms with van der Waals surface area (Å²) in [6, 6.07) is 23.5. The van der Waals surface area contributed by atoms with Crippen LogP contribution >= 0.6 is 0 Å². The summed E-state index contributed by atoms with van der Waals surface area (Å²) in [7, 11) is 1.62. The summed E-state index contributed by atoms with van der Waals surface area (Å²) < 4.78 is 16.9. The van der Waals surface area contributed by atoms with Crippen molar-refractivity contribution in [3.05, 3.63) is 101 Å². The molecule has 158 valence electrons. The molecule has 0 bridgehead atoms. The molecule has 0 aliphatic rings. The zero-order valence-corrected chi connectivity index (χ0v) is 17.7. The zero-order chi connectivity index (χ0) is 21.6. The number of hydrogen-bond acceptors (Lipinski definition) is 4. The standard InChI is InChI=1S/C26H25NO4/c1-18-23-14-22(29-2)12-13-24(23)31-25(18)26(28)27-15-20-10-6-7-11-21(20)17-30-16-19-8-4-3-5-9-19/h3-14H,15-17H2,1-2H3,(H,27,28). The van der Waals surface area contributed by atoms with Gasteiger partial charge in [-0.3, -0.25) is 4.79 Å². The van der Waals surface area contributed by atoms with Crippen LogP contribution in [-0.2, 0) is 24.5 Å². The van der Waals surface area contributed by atoms with Crippen molar-refractivity contribution in [3.8, 4) is 5.75 Å². The van der Waals surface area contributed by atoms with Crippen molar-refractivity contribution in [2.24, 2.45) is 0 Å². The number of benzene rings is 3. The third kappa shape index (κ3) is 4.78. The first-order valence-electron chi connectivity index (χ1n) is 10.2. The number of nitrogens with one attached hydrogen (secondary N) is 1. The maximum absolute atomic E-state index is 12.8. The van der Waals surface area contributed by atoms with Gasteiger partial charge < -0.3 is 19.2 Å². The van der Waals surface area contributed by atoms with E-state index >= 15 is 0 Å². The summed E-state index contributed by atoms with van der Waals surface area (Å²) in [6.07, 6.45) is 0. The Bertz CT molecular complexity index is 1180. The van der Waals surface area contributed by atoms with Crippen LogP contribution in [0.3, 0.4) is 0 Å². The lowest BCUT2D eigenvalue weighted by Crippen LogP contribution is -2.23. The Kier molecular flexibility index (Phi) is 6.34. The van der Waals surface area contributed by atoms with Gasteiger partial charge >= 0.3 is 0 Å². The molecule has 1 N–H and O–H groups in total. The van der Waals surface area contributed by atoms with Gasteiger partial charge in [0.1, 0.15) is 11.3 Å². The van der Waals surface area contributed by atoms with Gasteiger partial charge in [-0.15, -0.1) is 0 Å². The minimum absolute atomic E-state index is 0.243. The predicted molar refractivity (Wildman–Crippen MR) is 120 cm³/mol. The summed E-state index contributed by atoms with van der Waals surface area (Å²) in [5.41, 5.74) is 4.65. The number of hydrogen-bond donors (Lipinski definition) is 1. The molecule has 4 rings (SSSR count). The number of furan rings is 1. The Morgan fingerprint density at radius 1 is 0.935 bits per heavy atom. The maximum atomic E-state index is 12.8. The number of ether oxygens (including phenoxy) is 2. The lowest BCUT2D eigenvalue weighted by atomic mass is 10.1. The maximum Gasteiger partial charge on any atom is 0.287 e. The average Bonchev–Trinajstić information content (AvgIpc) is 3.14. The Morgan fingerprint density at radius 2 is 1.68 bits per heavy atom. The van der Waals surface area contributed by atoms with Crippen molar-refractivity contribution >= 4 is 16.9 Å². The Labute approximate surface area is 181 Å². The van der Waals surface area contributed by atoms with Crippen LogP contribution in [0.25, 0.3) is 11.0 Å². The Hall–Kier alpha value is -3.57. The van der Waals surface area contributed by atoms with Crippen LogP contribution in [-0.4, -0.2) is 13.0 Å². The Morgan fingerprint density at radius 3 is 2.45 bits per heavy atom. The number of aryl methyl sites for hydroxylation is 1. The first kappa shape index (κ1) is 20.7. The minimum Gasteiger partial charge on any atom is -0.497 e. The molecule has 4 aromatic rings. The lowest BCUT2D eigenvalue weighted by molar-refractivity contribution is 0.0921. The molecule has 0 radical (unpaired) electrons. The predicted octanol–water partition coefficient (Wildman–Crippen LogP) is 5.40. The third-order valence-corrected chi connectivity index (χ3v) is 5.28. The van der Waals surface area contributed by atoms with E-state index in [-0.39, 0.29) is 5.91 Å². The van der Waals surface area contributed by atoms with Gasteiger partial charge in [-0.25, -0.2) is 0 Å². The summed E-state index contributed by atoms with van der Waals surface area (Å²) in [5.74, 6) is 0.807. The monoisotopic (exact) mass is 415 g/mol. The van der Waals surface area contributed by atoms with E-state index in [9.17, 15) is 4.79 Å². The highest BCUT2D eigenvalue weighted by Gasteiger charge is 2.18. The van der Waals surface area contributed by atoms with Gasteiger partial charge in [0.25, 0.3) is 5.91 Å². The molecule has 0 spiro atoms. The largest absolute Gasteiger partial charge is 0.497 e. The van der Waals surface area contributed by atoms with Crippen LogP contribution in [0, 0.1) is 6.92 Å². The molecule has 0 unspecified atom stereocenters. The van der Waals surface area contributed by atoms with Crippen molar-refractivity contribution in [2.75, 3.05) is 7.11 Å². The first-order chi connectivity index (χ1) is 15.2. The molecule has 5 nitrogen and oxygen atoms in total. The second kappa shape index (κ2) is 9.49. The number of fused-ring (bicyclic) bond motifs is 1. The minimum atomic E-state index is -0.243. The summed E-state index contributed by atoms with van der Waals surface area (Å²) >= 11 is 0. The number of carbonyl (C=O) groups excluding carboxylic acids is 1. The van der Waals surface area contributed by atoms with Crippen LogP contribution in [0.4, 0.5) is 0 Å². The Balaban J connectivity index is 1.42. The van der Waals surface area contributed by atoms with Crippen LogP contribution in [0.5, 0.6) is 5.75 Å². The van der Waals surface area contributed by atoms with Crippen LogP contribution < -0.4 is 10.1 Å². The highest BCUT2D eigenvalue weighted by Crippen LogP contribution is 2.28. The molecule has 3 aromatic carbocycles. The van der Waals surface area contributed by atoms with Crippen molar-refractivity contribution in [1.82, 2.24) is 5.32 Å². The van der Waals surface area contributed by atoms with Gasteiger partial charge in [0.2, 0.25) is 0 Å². The van der Waals surface area contributed by atoms with E-state index in [1.807, 2.05) is 79.7 Å². The van der Waals surface area contributed by atoms with Gasteiger partial charge in [0.15, 0.2) is 5.76 Å². The third-order valence-electron chi connectivity index (χ3n) is 5.28. The second-order valence-corrected chi connectivity index (χ2v) is 7.35. The molecule has 5 heteroatoms. The molecule has 31 heavy (non-hydrogen) atoms. The first-order valence-corrected chi connectivity index (χ1v) is 10.2. The molecule has 0 aliphatic heterocycles. The number of amides is 1. The van der Waals surface area contributed by atoms with Crippen LogP contribution in [0.2, 0.25) is 0 Å². The van der Waals surface area contributed by atoms with E-state index in [1.54, 1.807) is 7.11 Å². The molecular formula is C26H25NO4. The fraction of sp³-hybridized carbons (Fsp3) is 0.192. The molecule has 0 saturated heterocycles. The molecule has 0 atom stereocenters. The molecule has 1 heterocycles. The molecule has 0 aliphatic carbocycles. The van der Waals surface area contributed by atoms with E-state index in [4.69, 9.17) is 13.9 Å². The van der Waals surface area contributed by atoms with Crippen LogP contribution in [0.1, 0.15) is 32.8 Å². The van der Waals surface area contributed by atoms with Crippen molar-refractivity contribution < 1.29 is 18.7 Å². The van der Waals surface area contributed by atoms with E-state index in [1.165, 1.54) is 0 Å². The van der Waals surface area contributed by atoms with E-state index in [0.717, 1.165) is 33.4 Å². The van der Waals surface area contributed by atoms with Crippen molar-refractivity contribution in [2.45, 2.75) is 26.7 Å². The lowest BCUT2D eigenvalue weighted by Gasteiger charge is -2.11. The molecule has 1 amide bonds. The number of methoxy groups -OCH3 is 1. The van der Waals surface area contributed by atoms with Crippen molar-refractivity contribution in [3.63, 3.8) is 0 Å². The highest BCUT2D eigenvalue weighted by atomic mass is 16.5. The van der Waals surface area contributed by atoms with Gasteiger partial charge in [-0.05, 0) is 41.8 Å². The summed E-state index contributed by atoms with van der Waals surface area (Å²) in [6.45, 7) is 3.29.